The van der Waals surface area contributed by atoms with Crippen LogP contribution in [0.15, 0.2) is 96.2 Å². The van der Waals surface area contributed by atoms with Crippen molar-refractivity contribution in [1.29, 1.82) is 0 Å². The van der Waals surface area contributed by atoms with Crippen molar-refractivity contribution in [2.45, 2.75) is 0 Å². The lowest BCUT2D eigenvalue weighted by Crippen LogP contribution is -1.84. The van der Waals surface area contributed by atoms with Crippen LogP contribution >= 0.6 is 0 Å². The third-order valence-corrected chi connectivity index (χ3v) is 2.33. The predicted molar refractivity (Wildman–Crippen MR) is 71.0 cm³/mol. The Morgan fingerprint density at radius 1 is 0.375 bits per heavy atom. The predicted octanol–water partition coefficient (Wildman–Crippen LogP) is 4.20. The fourth-order valence-corrected chi connectivity index (χ4v) is 1.52. The zero-order chi connectivity index (χ0) is 11.1. The molecular weight excluding hydrogens is 192 g/mol. The maximum Gasteiger partial charge on any atom is -0.0184 e. The summed E-state index contributed by atoms with van der Waals surface area (Å²) < 4.78 is 0. The third-order valence-electron chi connectivity index (χ3n) is 2.33. The molecule has 0 saturated heterocycles. The SMILES string of the molecule is C1=C\C=C/C(C2=C/C=C\C=C/C=C\2)=C\C=C/1. The molecule has 16 heavy (non-hydrogen) atoms. The van der Waals surface area contributed by atoms with Gasteiger partial charge in [0.15, 0.2) is 0 Å². The van der Waals surface area contributed by atoms with E-state index >= 15 is 0 Å². The summed E-state index contributed by atoms with van der Waals surface area (Å²) in [6.45, 7) is 0. The maximum atomic E-state index is 2.12. The van der Waals surface area contributed by atoms with Gasteiger partial charge < -0.3 is 0 Å². The zero-order valence-corrected chi connectivity index (χ0v) is 9.08. The van der Waals surface area contributed by atoms with E-state index in [1.165, 1.54) is 11.1 Å². The molecule has 0 heterocycles. The summed E-state index contributed by atoms with van der Waals surface area (Å²) in [7, 11) is 0. The summed E-state index contributed by atoms with van der Waals surface area (Å²) in [5, 5.41) is 0. The van der Waals surface area contributed by atoms with Gasteiger partial charge in [-0.15, -0.1) is 0 Å². The van der Waals surface area contributed by atoms with Crippen molar-refractivity contribution < 1.29 is 0 Å². The van der Waals surface area contributed by atoms with Crippen LogP contribution in [0.4, 0.5) is 0 Å². The first kappa shape index (κ1) is 10.4. The van der Waals surface area contributed by atoms with Gasteiger partial charge in [-0.2, -0.15) is 0 Å². The molecule has 0 fully saturated rings. The summed E-state index contributed by atoms with van der Waals surface area (Å²) in [6, 6.07) is 0. The van der Waals surface area contributed by atoms with Crippen molar-refractivity contribution in [2.24, 2.45) is 0 Å². The molecule has 0 nitrogen and oxygen atoms in total. The molecule has 0 aromatic rings. The Labute approximate surface area is 96.7 Å². The Morgan fingerprint density at radius 3 is 1.25 bits per heavy atom. The average molecular weight is 206 g/mol. The second-order valence-corrected chi connectivity index (χ2v) is 3.50. The molecule has 0 spiro atoms. The van der Waals surface area contributed by atoms with E-state index in [0.717, 1.165) is 0 Å². The smallest absolute Gasteiger partial charge is 0.0184 e. The topological polar surface area (TPSA) is 0 Å². The van der Waals surface area contributed by atoms with Crippen molar-refractivity contribution >= 4 is 0 Å². The lowest BCUT2D eigenvalue weighted by Gasteiger charge is -2.03. The molecule has 0 unspecified atom stereocenters. The van der Waals surface area contributed by atoms with Crippen molar-refractivity contribution in [3.8, 4) is 0 Å². The molecule has 0 aromatic heterocycles. The van der Waals surface area contributed by atoms with Crippen LogP contribution in [-0.2, 0) is 0 Å². The molecule has 2 aliphatic carbocycles. The molecule has 0 bridgehead atoms. The monoisotopic (exact) mass is 206 g/mol. The minimum Gasteiger partial charge on any atom is -0.0623 e. The Balaban J connectivity index is 2.29. The fourth-order valence-electron chi connectivity index (χ4n) is 1.52. The molecule has 0 saturated carbocycles. The molecule has 0 heteroatoms. The number of rotatable bonds is 1. The molecule has 0 aliphatic heterocycles. The Morgan fingerprint density at radius 2 is 0.750 bits per heavy atom. The normalized spacial score (nSPS) is 37.0. The first-order chi connectivity index (χ1) is 7.97. The van der Waals surface area contributed by atoms with Crippen molar-refractivity contribution in [3.05, 3.63) is 96.2 Å². The summed E-state index contributed by atoms with van der Waals surface area (Å²) in [5.74, 6) is 0. The van der Waals surface area contributed by atoms with Crippen LogP contribution in [0.1, 0.15) is 0 Å². The van der Waals surface area contributed by atoms with Crippen LogP contribution in [0.3, 0.4) is 0 Å². The van der Waals surface area contributed by atoms with Crippen LogP contribution in [0.25, 0.3) is 0 Å². The Kier molecular flexibility index (Phi) is 3.73. The summed E-state index contributed by atoms with van der Waals surface area (Å²) in [5.41, 5.74) is 2.44. The van der Waals surface area contributed by atoms with E-state index in [0.29, 0.717) is 0 Å². The second-order valence-electron chi connectivity index (χ2n) is 3.50. The molecule has 2 aliphatic rings. The molecule has 2 rings (SSSR count). The second kappa shape index (κ2) is 5.72. The van der Waals surface area contributed by atoms with E-state index in [2.05, 4.69) is 48.6 Å². The number of allylic oxidation sites excluding steroid dienone is 16. The lowest BCUT2D eigenvalue weighted by molar-refractivity contribution is 1.52. The Hall–Kier alpha value is -2.08. The summed E-state index contributed by atoms with van der Waals surface area (Å²) in [6.07, 6.45) is 28.9. The zero-order valence-electron chi connectivity index (χ0n) is 9.08. The van der Waals surface area contributed by atoms with E-state index in [4.69, 9.17) is 0 Å². The van der Waals surface area contributed by atoms with Crippen molar-refractivity contribution in [2.75, 3.05) is 0 Å². The number of hydrogen-bond acceptors (Lipinski definition) is 0. The third kappa shape index (κ3) is 2.96. The standard InChI is InChI=1S/C16H14/c1-3-7-11-15(12-8-4-1)16-13-9-5-2-6-10-14-16/h1-14H/b3-1-,4-1?,5-2-,6-2?,7-3?,8-4-,9-5?,10-6-,11-7-,12-8?,13-9-,14-10?,15-11?,15-12+,16-13?,16-14+. The van der Waals surface area contributed by atoms with Gasteiger partial charge in [-0.1, -0.05) is 85.1 Å². The highest BCUT2D eigenvalue weighted by molar-refractivity contribution is 5.52. The minimum absolute atomic E-state index is 1.22. The van der Waals surface area contributed by atoms with E-state index in [9.17, 15) is 0 Å². The van der Waals surface area contributed by atoms with Gasteiger partial charge in [-0.3, -0.25) is 0 Å². The van der Waals surface area contributed by atoms with Crippen LogP contribution in [0, 0.1) is 0 Å². The number of hydrogen-bond donors (Lipinski definition) is 0. The van der Waals surface area contributed by atoms with E-state index in [1.807, 2.05) is 36.5 Å². The van der Waals surface area contributed by atoms with Gasteiger partial charge in [0, 0.05) is 0 Å². The largest absolute Gasteiger partial charge is 0.0623 e. The van der Waals surface area contributed by atoms with Gasteiger partial charge in [0.1, 0.15) is 0 Å². The first-order valence-electron chi connectivity index (χ1n) is 5.40. The molecule has 0 radical (unpaired) electrons. The van der Waals surface area contributed by atoms with Crippen LogP contribution in [-0.4, -0.2) is 0 Å². The van der Waals surface area contributed by atoms with Gasteiger partial charge >= 0.3 is 0 Å². The van der Waals surface area contributed by atoms with Crippen molar-refractivity contribution in [3.63, 3.8) is 0 Å². The van der Waals surface area contributed by atoms with E-state index < -0.39 is 0 Å². The van der Waals surface area contributed by atoms with Crippen LogP contribution in [0.5, 0.6) is 0 Å². The Bertz CT molecular complexity index is 426. The van der Waals surface area contributed by atoms with Gasteiger partial charge in [-0.25, -0.2) is 0 Å². The van der Waals surface area contributed by atoms with E-state index in [-0.39, 0.29) is 0 Å². The van der Waals surface area contributed by atoms with Gasteiger partial charge in [-0.05, 0) is 11.1 Å². The van der Waals surface area contributed by atoms with Crippen LogP contribution < -0.4 is 0 Å². The molecule has 0 atom stereocenters. The van der Waals surface area contributed by atoms with Gasteiger partial charge in [0.2, 0.25) is 0 Å². The highest BCUT2D eigenvalue weighted by Crippen LogP contribution is 2.16. The summed E-state index contributed by atoms with van der Waals surface area (Å²) in [4.78, 5) is 0. The quantitative estimate of drug-likeness (QED) is 0.603. The minimum atomic E-state index is 1.22. The molecule has 0 aromatic carbocycles. The maximum absolute atomic E-state index is 2.12. The van der Waals surface area contributed by atoms with Crippen LogP contribution in [0.2, 0.25) is 0 Å². The van der Waals surface area contributed by atoms with Gasteiger partial charge in [0.25, 0.3) is 0 Å². The average Bonchev–Trinajstić information content (AvgIpc) is 2.18. The molecular formula is C16H14. The van der Waals surface area contributed by atoms with Gasteiger partial charge in [0.05, 0.1) is 0 Å². The van der Waals surface area contributed by atoms with E-state index in [1.54, 1.807) is 0 Å². The lowest BCUT2D eigenvalue weighted by atomic mass is 10.0. The first-order valence-corrected chi connectivity index (χ1v) is 5.40. The highest BCUT2D eigenvalue weighted by Gasteiger charge is 1.96. The molecule has 0 N–H and O–H groups in total. The fraction of sp³-hybridized carbons (Fsp3) is 0. The highest BCUT2D eigenvalue weighted by atomic mass is 14.0. The summed E-state index contributed by atoms with van der Waals surface area (Å²) >= 11 is 0. The molecule has 78 valence electrons. The molecule has 0 amide bonds. The van der Waals surface area contributed by atoms with Crippen molar-refractivity contribution in [1.82, 2.24) is 0 Å².